The van der Waals surface area contributed by atoms with Gasteiger partial charge in [-0.3, -0.25) is 14.4 Å². The van der Waals surface area contributed by atoms with E-state index < -0.39 is 18.0 Å². The quantitative estimate of drug-likeness (QED) is 0.135. The fraction of sp³-hybridized carbons (Fsp3) is 0.452. The van der Waals surface area contributed by atoms with Gasteiger partial charge in [0.2, 0.25) is 0 Å². The number of rotatable bonds is 16. The molecule has 0 aliphatic carbocycles. The lowest BCUT2D eigenvalue weighted by Gasteiger charge is -2.12. The average Bonchev–Trinajstić information content (AvgIpc) is 2.86. The van der Waals surface area contributed by atoms with Crippen molar-refractivity contribution in [3.63, 3.8) is 0 Å². The van der Waals surface area contributed by atoms with Gasteiger partial charge in [-0.2, -0.15) is 0 Å². The molecule has 8 heteroatoms. The molecule has 0 aliphatic heterocycles. The van der Waals surface area contributed by atoms with Gasteiger partial charge in [0.15, 0.2) is 0 Å². The Kier molecular flexibility index (Phi) is 13.8. The van der Waals surface area contributed by atoms with Crippen LogP contribution in [0.1, 0.15) is 102 Å². The van der Waals surface area contributed by atoms with Crippen molar-refractivity contribution in [3.8, 4) is 23.0 Å². The van der Waals surface area contributed by atoms with Crippen LogP contribution in [0.3, 0.4) is 0 Å². The number of phenols is 1. The summed E-state index contributed by atoms with van der Waals surface area (Å²) in [5.74, 6) is -1.13. The maximum atomic E-state index is 12.2. The highest BCUT2D eigenvalue weighted by atomic mass is 16.5. The number of unbranched alkanes of at least 4 members (excludes halogenated alkanes) is 8. The van der Waals surface area contributed by atoms with E-state index in [0.29, 0.717) is 12.0 Å². The average molecular weight is 541 g/mol. The predicted octanol–water partition coefficient (Wildman–Crippen LogP) is 6.82. The number of carbonyl (C=O) groups is 3. The van der Waals surface area contributed by atoms with Gasteiger partial charge in [0.25, 0.3) is 0 Å². The summed E-state index contributed by atoms with van der Waals surface area (Å²) in [6.07, 6.45) is 12.4. The molecule has 0 fully saturated rings. The standard InChI is InChI=1S/C31H40O8/c1-4-5-6-7-8-9-10-11-12-13-31(36)39-25-17-18-27(29(35)20-25)28(34)19-15-24-14-16-26(37-22(2)32)21-30(24)38-23(3)33/h14-21,28,34-35H,4-13H2,1-3H3. The van der Waals surface area contributed by atoms with Crippen LogP contribution in [0.4, 0.5) is 0 Å². The Balaban J connectivity index is 1.90. The summed E-state index contributed by atoms with van der Waals surface area (Å²) >= 11 is 0. The Morgan fingerprint density at radius 3 is 2.00 bits per heavy atom. The van der Waals surface area contributed by atoms with E-state index in [1.165, 1.54) is 94.9 Å². The number of esters is 3. The van der Waals surface area contributed by atoms with Crippen molar-refractivity contribution < 1.29 is 38.8 Å². The molecule has 0 amide bonds. The zero-order valence-electron chi connectivity index (χ0n) is 23.1. The summed E-state index contributed by atoms with van der Waals surface area (Å²) in [5, 5.41) is 21.0. The number of hydrogen-bond acceptors (Lipinski definition) is 8. The Labute approximate surface area is 230 Å². The molecule has 2 aromatic rings. The van der Waals surface area contributed by atoms with Gasteiger partial charge in [0.1, 0.15) is 29.1 Å². The fourth-order valence-electron chi connectivity index (χ4n) is 4.02. The number of aliphatic hydroxyl groups is 1. The Morgan fingerprint density at radius 1 is 0.795 bits per heavy atom. The number of aliphatic hydroxyl groups excluding tert-OH is 1. The van der Waals surface area contributed by atoms with Crippen molar-refractivity contribution in [3.05, 3.63) is 53.6 Å². The lowest BCUT2D eigenvalue weighted by molar-refractivity contribution is -0.135. The van der Waals surface area contributed by atoms with Crippen LogP contribution in [0, 0.1) is 0 Å². The number of carbonyl (C=O) groups excluding carboxylic acids is 3. The first-order valence-corrected chi connectivity index (χ1v) is 13.6. The molecule has 1 atom stereocenters. The summed E-state index contributed by atoms with van der Waals surface area (Å²) in [6, 6.07) is 8.76. The van der Waals surface area contributed by atoms with Gasteiger partial charge >= 0.3 is 17.9 Å². The number of ether oxygens (including phenoxy) is 3. The van der Waals surface area contributed by atoms with Gasteiger partial charge < -0.3 is 24.4 Å². The SMILES string of the molecule is CCCCCCCCCCCC(=O)Oc1ccc(C(O)C=Cc2ccc(OC(C)=O)cc2OC(C)=O)c(O)c1. The van der Waals surface area contributed by atoms with Crippen LogP contribution >= 0.6 is 0 Å². The van der Waals surface area contributed by atoms with E-state index in [1.807, 2.05) is 0 Å². The molecule has 0 aliphatic rings. The molecular weight excluding hydrogens is 500 g/mol. The smallest absolute Gasteiger partial charge is 0.311 e. The van der Waals surface area contributed by atoms with Crippen molar-refractivity contribution in [1.29, 1.82) is 0 Å². The van der Waals surface area contributed by atoms with Crippen LogP contribution in [0.2, 0.25) is 0 Å². The topological polar surface area (TPSA) is 119 Å². The molecule has 212 valence electrons. The molecule has 2 N–H and O–H groups in total. The number of hydrogen-bond donors (Lipinski definition) is 2. The first-order valence-electron chi connectivity index (χ1n) is 13.6. The van der Waals surface area contributed by atoms with Crippen molar-refractivity contribution >= 4 is 24.0 Å². The van der Waals surface area contributed by atoms with E-state index >= 15 is 0 Å². The molecule has 0 spiro atoms. The molecule has 0 radical (unpaired) electrons. The second-order valence-corrected chi connectivity index (χ2v) is 9.46. The first kappa shape index (κ1) is 31.6. The van der Waals surface area contributed by atoms with E-state index in [-0.39, 0.29) is 34.5 Å². The van der Waals surface area contributed by atoms with Crippen LogP contribution in [0.5, 0.6) is 23.0 Å². The second kappa shape index (κ2) is 17.0. The third kappa shape index (κ3) is 12.2. The maximum Gasteiger partial charge on any atom is 0.311 e. The molecule has 0 saturated carbocycles. The molecule has 8 nitrogen and oxygen atoms in total. The van der Waals surface area contributed by atoms with Gasteiger partial charge in [-0.15, -0.1) is 0 Å². The summed E-state index contributed by atoms with van der Waals surface area (Å²) in [5.41, 5.74) is 0.650. The summed E-state index contributed by atoms with van der Waals surface area (Å²) in [7, 11) is 0. The van der Waals surface area contributed by atoms with Gasteiger partial charge in [0.05, 0.1) is 0 Å². The van der Waals surface area contributed by atoms with Crippen molar-refractivity contribution in [2.45, 2.75) is 91.1 Å². The largest absolute Gasteiger partial charge is 0.507 e. The third-order valence-corrected chi connectivity index (χ3v) is 6.00. The zero-order chi connectivity index (χ0) is 28.6. The molecule has 0 bridgehead atoms. The molecule has 0 heterocycles. The van der Waals surface area contributed by atoms with E-state index in [9.17, 15) is 24.6 Å². The number of aromatic hydroxyl groups is 1. The van der Waals surface area contributed by atoms with Crippen LogP contribution in [-0.2, 0) is 14.4 Å². The normalized spacial score (nSPS) is 11.8. The number of benzene rings is 2. The molecule has 2 aromatic carbocycles. The predicted molar refractivity (Wildman–Crippen MR) is 149 cm³/mol. The molecule has 39 heavy (non-hydrogen) atoms. The highest BCUT2D eigenvalue weighted by molar-refractivity contribution is 5.74. The lowest BCUT2D eigenvalue weighted by Crippen LogP contribution is -2.07. The Morgan fingerprint density at radius 2 is 1.38 bits per heavy atom. The zero-order valence-corrected chi connectivity index (χ0v) is 23.1. The third-order valence-electron chi connectivity index (χ3n) is 6.00. The van der Waals surface area contributed by atoms with E-state index in [0.717, 1.165) is 19.3 Å². The van der Waals surface area contributed by atoms with Crippen LogP contribution in [0.25, 0.3) is 6.08 Å². The fourth-order valence-corrected chi connectivity index (χ4v) is 4.02. The summed E-state index contributed by atoms with van der Waals surface area (Å²) < 4.78 is 15.5. The lowest BCUT2D eigenvalue weighted by atomic mass is 10.1. The Hall–Kier alpha value is -3.65. The van der Waals surface area contributed by atoms with Gasteiger partial charge in [-0.05, 0) is 30.7 Å². The van der Waals surface area contributed by atoms with E-state index in [2.05, 4.69) is 6.92 Å². The molecular formula is C31H40O8. The van der Waals surface area contributed by atoms with Gasteiger partial charge in [0, 0.05) is 43.5 Å². The molecule has 2 rings (SSSR count). The van der Waals surface area contributed by atoms with Crippen molar-refractivity contribution in [2.24, 2.45) is 0 Å². The van der Waals surface area contributed by atoms with Gasteiger partial charge in [-0.25, -0.2) is 0 Å². The van der Waals surface area contributed by atoms with Crippen LogP contribution in [0.15, 0.2) is 42.5 Å². The number of phenolic OH excluding ortho intramolecular Hbond substituents is 1. The minimum absolute atomic E-state index is 0.142. The van der Waals surface area contributed by atoms with Gasteiger partial charge in [-0.1, -0.05) is 70.4 Å². The minimum atomic E-state index is -1.20. The molecule has 0 aromatic heterocycles. The van der Waals surface area contributed by atoms with Crippen LogP contribution < -0.4 is 14.2 Å². The monoisotopic (exact) mass is 540 g/mol. The first-order chi connectivity index (χ1) is 18.7. The minimum Gasteiger partial charge on any atom is -0.507 e. The molecule has 1 unspecified atom stereocenters. The highest BCUT2D eigenvalue weighted by Crippen LogP contribution is 2.32. The maximum absolute atomic E-state index is 12.2. The van der Waals surface area contributed by atoms with E-state index in [1.54, 1.807) is 6.07 Å². The summed E-state index contributed by atoms with van der Waals surface area (Å²) in [4.78, 5) is 34.9. The van der Waals surface area contributed by atoms with Crippen molar-refractivity contribution in [1.82, 2.24) is 0 Å². The summed E-state index contributed by atoms with van der Waals surface area (Å²) in [6.45, 7) is 4.70. The second-order valence-electron chi connectivity index (χ2n) is 9.46. The van der Waals surface area contributed by atoms with Crippen LogP contribution in [-0.4, -0.2) is 28.1 Å². The Bertz CT molecular complexity index is 1120. The van der Waals surface area contributed by atoms with E-state index in [4.69, 9.17) is 14.2 Å². The molecule has 0 saturated heterocycles. The highest BCUT2D eigenvalue weighted by Gasteiger charge is 2.14. The van der Waals surface area contributed by atoms with Crippen molar-refractivity contribution in [2.75, 3.05) is 0 Å².